The van der Waals surface area contributed by atoms with Crippen LogP contribution in [0, 0.1) is 0 Å². The summed E-state index contributed by atoms with van der Waals surface area (Å²) in [6, 6.07) is 5.00. The smallest absolute Gasteiger partial charge is 0.163 e. The molecule has 0 radical (unpaired) electrons. The van der Waals surface area contributed by atoms with Crippen LogP contribution in [0.3, 0.4) is 0 Å². The lowest BCUT2D eigenvalue weighted by Gasteiger charge is -2.08. The lowest BCUT2D eigenvalue weighted by molar-refractivity contribution is 0.0955. The summed E-state index contributed by atoms with van der Waals surface area (Å²) in [6.07, 6.45) is 0.785. The minimum atomic E-state index is -0.0318. The van der Waals surface area contributed by atoms with Gasteiger partial charge in [-0.1, -0.05) is 13.8 Å². The molecule has 0 atom stereocenters. The highest BCUT2D eigenvalue weighted by Gasteiger charge is 2.15. The Morgan fingerprint density at radius 1 is 1.06 bits per heavy atom. The summed E-state index contributed by atoms with van der Waals surface area (Å²) < 4.78 is 5.05. The lowest BCUT2D eigenvalue weighted by Crippen LogP contribution is -2.08. The molecule has 0 aliphatic carbocycles. The van der Waals surface area contributed by atoms with Crippen molar-refractivity contribution in [1.29, 1.82) is 0 Å². The standard InChI is InChI=1S/C13H16O3/c1-4-12(14)10-7-6-9(16-3)8-11(10)13(15)5-2/h6-8H,4-5H2,1-3H3. The van der Waals surface area contributed by atoms with Crippen LogP contribution in [0.25, 0.3) is 0 Å². The van der Waals surface area contributed by atoms with E-state index in [1.807, 2.05) is 0 Å². The molecule has 0 heterocycles. The normalized spacial score (nSPS) is 9.94. The maximum absolute atomic E-state index is 11.7. The number of carbonyl (C=O) groups is 2. The van der Waals surface area contributed by atoms with Gasteiger partial charge in [0.1, 0.15) is 5.75 Å². The van der Waals surface area contributed by atoms with Gasteiger partial charge in [0.15, 0.2) is 11.6 Å². The fourth-order valence-electron chi connectivity index (χ4n) is 1.51. The number of hydrogen-bond donors (Lipinski definition) is 0. The van der Waals surface area contributed by atoms with E-state index in [0.717, 1.165) is 0 Å². The van der Waals surface area contributed by atoms with Gasteiger partial charge in [-0.3, -0.25) is 9.59 Å². The topological polar surface area (TPSA) is 43.4 Å². The Balaban J connectivity index is 3.26. The molecule has 0 saturated carbocycles. The van der Waals surface area contributed by atoms with Crippen molar-refractivity contribution < 1.29 is 14.3 Å². The highest BCUT2D eigenvalue weighted by atomic mass is 16.5. The van der Waals surface area contributed by atoms with Crippen LogP contribution in [0.1, 0.15) is 47.4 Å². The van der Waals surface area contributed by atoms with Crippen LogP contribution in [0.5, 0.6) is 5.75 Å². The van der Waals surface area contributed by atoms with Crippen LogP contribution >= 0.6 is 0 Å². The molecule has 0 fully saturated rings. The van der Waals surface area contributed by atoms with Crippen LogP contribution in [0.4, 0.5) is 0 Å². The Hall–Kier alpha value is -1.64. The first-order chi connectivity index (χ1) is 7.63. The van der Waals surface area contributed by atoms with Crippen LogP contribution in [-0.4, -0.2) is 18.7 Å². The number of hydrogen-bond acceptors (Lipinski definition) is 3. The molecule has 1 aromatic carbocycles. The predicted octanol–water partition coefficient (Wildman–Crippen LogP) is 2.88. The Morgan fingerprint density at radius 2 is 1.62 bits per heavy atom. The zero-order chi connectivity index (χ0) is 12.1. The van der Waals surface area contributed by atoms with E-state index in [1.54, 1.807) is 32.0 Å². The average Bonchev–Trinajstić information content (AvgIpc) is 2.36. The molecule has 0 N–H and O–H groups in total. The summed E-state index contributed by atoms with van der Waals surface area (Å²) >= 11 is 0. The Morgan fingerprint density at radius 3 is 2.12 bits per heavy atom. The van der Waals surface area contributed by atoms with Gasteiger partial charge in [0.2, 0.25) is 0 Å². The Labute approximate surface area is 95.4 Å². The number of carbonyl (C=O) groups excluding carboxylic acids is 2. The first kappa shape index (κ1) is 12.4. The SMILES string of the molecule is CCC(=O)c1ccc(OC)cc1C(=O)CC. The zero-order valence-corrected chi connectivity index (χ0v) is 9.87. The molecule has 3 nitrogen and oxygen atoms in total. The Kier molecular flexibility index (Phi) is 4.23. The molecule has 0 amide bonds. The third-order valence-electron chi connectivity index (χ3n) is 2.47. The largest absolute Gasteiger partial charge is 0.497 e. The number of rotatable bonds is 5. The zero-order valence-electron chi connectivity index (χ0n) is 9.87. The summed E-state index contributed by atoms with van der Waals surface area (Å²) in [6.45, 7) is 3.56. The summed E-state index contributed by atoms with van der Waals surface area (Å²) in [5.41, 5.74) is 0.962. The van der Waals surface area contributed by atoms with Gasteiger partial charge in [-0.2, -0.15) is 0 Å². The molecule has 1 aromatic rings. The van der Waals surface area contributed by atoms with Crippen molar-refractivity contribution in [3.8, 4) is 5.75 Å². The quantitative estimate of drug-likeness (QED) is 0.716. The second-order valence-corrected chi connectivity index (χ2v) is 3.46. The van der Waals surface area contributed by atoms with Gasteiger partial charge in [-0.05, 0) is 18.2 Å². The molecule has 0 saturated heterocycles. The van der Waals surface area contributed by atoms with Crippen molar-refractivity contribution in [2.24, 2.45) is 0 Å². The van der Waals surface area contributed by atoms with E-state index in [9.17, 15) is 9.59 Å². The molecule has 0 spiro atoms. The van der Waals surface area contributed by atoms with E-state index in [-0.39, 0.29) is 11.6 Å². The van der Waals surface area contributed by atoms with E-state index in [1.165, 1.54) is 7.11 Å². The van der Waals surface area contributed by atoms with E-state index < -0.39 is 0 Å². The van der Waals surface area contributed by atoms with Crippen LogP contribution in [0.15, 0.2) is 18.2 Å². The van der Waals surface area contributed by atoms with Crippen molar-refractivity contribution in [3.05, 3.63) is 29.3 Å². The van der Waals surface area contributed by atoms with E-state index >= 15 is 0 Å². The molecule has 16 heavy (non-hydrogen) atoms. The van der Waals surface area contributed by atoms with E-state index in [0.29, 0.717) is 29.7 Å². The van der Waals surface area contributed by atoms with Gasteiger partial charge in [0, 0.05) is 24.0 Å². The molecule has 3 heteroatoms. The number of methoxy groups -OCH3 is 1. The second kappa shape index (κ2) is 5.45. The van der Waals surface area contributed by atoms with E-state index in [4.69, 9.17) is 4.74 Å². The number of ether oxygens (including phenoxy) is 1. The number of Topliss-reactive ketones (excluding diaryl/α,β-unsaturated/α-hetero) is 2. The van der Waals surface area contributed by atoms with Crippen molar-refractivity contribution in [2.75, 3.05) is 7.11 Å². The van der Waals surface area contributed by atoms with Gasteiger partial charge >= 0.3 is 0 Å². The van der Waals surface area contributed by atoms with Crippen molar-refractivity contribution in [2.45, 2.75) is 26.7 Å². The molecule has 0 aromatic heterocycles. The van der Waals surface area contributed by atoms with Crippen LogP contribution in [-0.2, 0) is 0 Å². The van der Waals surface area contributed by atoms with Crippen LogP contribution < -0.4 is 4.74 Å². The third kappa shape index (κ3) is 2.48. The van der Waals surface area contributed by atoms with Crippen molar-refractivity contribution in [3.63, 3.8) is 0 Å². The number of benzene rings is 1. The monoisotopic (exact) mass is 220 g/mol. The van der Waals surface area contributed by atoms with Crippen molar-refractivity contribution >= 4 is 11.6 Å². The first-order valence-electron chi connectivity index (χ1n) is 5.38. The highest BCUT2D eigenvalue weighted by molar-refractivity contribution is 6.08. The van der Waals surface area contributed by atoms with Gasteiger partial charge in [0.05, 0.1) is 7.11 Å². The molecule has 0 aliphatic rings. The van der Waals surface area contributed by atoms with Gasteiger partial charge < -0.3 is 4.74 Å². The molecular formula is C13H16O3. The van der Waals surface area contributed by atoms with Crippen LogP contribution in [0.2, 0.25) is 0 Å². The summed E-state index contributed by atoms with van der Waals surface area (Å²) in [5, 5.41) is 0. The summed E-state index contributed by atoms with van der Waals surface area (Å²) in [4.78, 5) is 23.4. The molecule has 0 aliphatic heterocycles. The Bertz CT molecular complexity index is 408. The minimum absolute atomic E-state index is 0.0144. The predicted molar refractivity (Wildman–Crippen MR) is 62.2 cm³/mol. The fraction of sp³-hybridized carbons (Fsp3) is 0.385. The fourth-order valence-corrected chi connectivity index (χ4v) is 1.51. The minimum Gasteiger partial charge on any atom is -0.497 e. The maximum Gasteiger partial charge on any atom is 0.163 e. The molecule has 86 valence electrons. The first-order valence-corrected chi connectivity index (χ1v) is 5.38. The van der Waals surface area contributed by atoms with Gasteiger partial charge in [-0.25, -0.2) is 0 Å². The molecule has 0 unspecified atom stereocenters. The van der Waals surface area contributed by atoms with Gasteiger partial charge in [0.25, 0.3) is 0 Å². The van der Waals surface area contributed by atoms with Crippen molar-refractivity contribution in [1.82, 2.24) is 0 Å². The summed E-state index contributed by atoms with van der Waals surface area (Å²) in [5.74, 6) is 0.555. The summed E-state index contributed by atoms with van der Waals surface area (Å²) in [7, 11) is 1.54. The van der Waals surface area contributed by atoms with E-state index in [2.05, 4.69) is 0 Å². The maximum atomic E-state index is 11.7. The third-order valence-corrected chi connectivity index (χ3v) is 2.47. The molecular weight excluding hydrogens is 204 g/mol. The second-order valence-electron chi connectivity index (χ2n) is 3.46. The number of ketones is 2. The molecule has 0 bridgehead atoms. The van der Waals surface area contributed by atoms with Gasteiger partial charge in [-0.15, -0.1) is 0 Å². The molecule has 1 rings (SSSR count). The highest BCUT2D eigenvalue weighted by Crippen LogP contribution is 2.20. The average molecular weight is 220 g/mol. The lowest BCUT2D eigenvalue weighted by atomic mass is 9.97.